The van der Waals surface area contributed by atoms with E-state index in [0.717, 1.165) is 10.2 Å². The van der Waals surface area contributed by atoms with E-state index in [4.69, 9.17) is 0 Å². The van der Waals surface area contributed by atoms with E-state index in [-0.39, 0.29) is 19.0 Å². The van der Waals surface area contributed by atoms with E-state index in [2.05, 4.69) is 4.98 Å². The highest BCUT2D eigenvalue weighted by Gasteiger charge is 2.32. The number of amides is 1. The molecule has 6 heteroatoms. The fraction of sp³-hybridized carbons (Fsp3) is 0.333. The van der Waals surface area contributed by atoms with Crippen LogP contribution in [0.3, 0.4) is 0 Å². The Morgan fingerprint density at radius 1 is 1.33 bits per heavy atom. The molecule has 1 saturated heterocycles. The molecule has 0 spiro atoms. The minimum absolute atomic E-state index is 0.166. The van der Waals surface area contributed by atoms with Gasteiger partial charge in [0.1, 0.15) is 0 Å². The lowest BCUT2D eigenvalue weighted by Crippen LogP contribution is -2.29. The smallest absolute Gasteiger partial charge is 0.254 e. The molecule has 1 aliphatic rings. The third-order valence-corrected chi connectivity index (χ3v) is 3.92. The molecule has 0 bridgehead atoms. The van der Waals surface area contributed by atoms with Crippen LogP contribution in [-0.2, 0) is 0 Å². The fourth-order valence-electron chi connectivity index (χ4n) is 2.11. The minimum atomic E-state index is -0.846. The summed E-state index contributed by atoms with van der Waals surface area (Å²) in [6.07, 6.45) is -1.69. The number of aliphatic hydroxyl groups excluding tert-OH is 2. The molecular weight excluding hydrogens is 252 g/mol. The van der Waals surface area contributed by atoms with E-state index in [0.29, 0.717) is 5.56 Å². The predicted molar refractivity (Wildman–Crippen MR) is 67.5 cm³/mol. The summed E-state index contributed by atoms with van der Waals surface area (Å²) in [6.45, 7) is 0.363. The summed E-state index contributed by atoms with van der Waals surface area (Å²) in [5.41, 5.74) is 3.17. The number of aliphatic hydroxyl groups is 2. The van der Waals surface area contributed by atoms with Crippen molar-refractivity contribution >= 4 is 27.5 Å². The van der Waals surface area contributed by atoms with E-state index in [1.807, 2.05) is 6.07 Å². The Labute approximate surface area is 107 Å². The lowest BCUT2D eigenvalue weighted by atomic mass is 10.2. The number of hydrogen-bond acceptors (Lipinski definition) is 5. The van der Waals surface area contributed by atoms with Crippen molar-refractivity contribution < 1.29 is 15.0 Å². The maximum absolute atomic E-state index is 12.2. The monoisotopic (exact) mass is 264 g/mol. The fourth-order valence-corrected chi connectivity index (χ4v) is 2.82. The van der Waals surface area contributed by atoms with Crippen molar-refractivity contribution in [3.8, 4) is 0 Å². The summed E-state index contributed by atoms with van der Waals surface area (Å²) in [5, 5.41) is 18.9. The predicted octanol–water partition coefficient (Wildman–Crippen LogP) is 0.474. The number of likely N-dealkylation sites (tertiary alicyclic amines) is 1. The van der Waals surface area contributed by atoms with Gasteiger partial charge in [-0.3, -0.25) is 4.79 Å². The first-order valence-electron chi connectivity index (χ1n) is 5.64. The van der Waals surface area contributed by atoms with Gasteiger partial charge >= 0.3 is 0 Å². The Bertz CT molecular complexity index is 588. The van der Waals surface area contributed by atoms with Gasteiger partial charge in [0.25, 0.3) is 5.91 Å². The molecule has 0 radical (unpaired) electrons. The van der Waals surface area contributed by atoms with Gasteiger partial charge in [-0.2, -0.15) is 0 Å². The Hall–Kier alpha value is -1.50. The molecule has 3 rings (SSSR count). The number of β-amino-alcohol motifs (C(OH)–C–C–N with tert-alkyl or cyclic N) is 2. The van der Waals surface area contributed by atoms with Crippen LogP contribution < -0.4 is 0 Å². The molecule has 1 aromatic carbocycles. The number of aromatic nitrogens is 1. The Morgan fingerprint density at radius 3 is 2.78 bits per heavy atom. The van der Waals surface area contributed by atoms with E-state index in [1.54, 1.807) is 17.6 Å². The summed E-state index contributed by atoms with van der Waals surface area (Å²) in [5.74, 6) is -0.166. The molecule has 0 aliphatic carbocycles. The lowest BCUT2D eigenvalue weighted by Gasteiger charge is -2.15. The molecule has 0 unspecified atom stereocenters. The van der Waals surface area contributed by atoms with E-state index < -0.39 is 12.2 Å². The first-order valence-corrected chi connectivity index (χ1v) is 6.52. The summed E-state index contributed by atoms with van der Waals surface area (Å²) in [6, 6.07) is 5.33. The van der Waals surface area contributed by atoms with Crippen LogP contribution in [0.15, 0.2) is 23.7 Å². The van der Waals surface area contributed by atoms with E-state index >= 15 is 0 Å². The molecular formula is C12H12N2O3S. The quantitative estimate of drug-likeness (QED) is 0.785. The molecule has 1 aromatic heterocycles. The minimum Gasteiger partial charge on any atom is -0.388 e. The number of hydrogen-bond donors (Lipinski definition) is 2. The van der Waals surface area contributed by atoms with Crippen LogP contribution in [0, 0.1) is 0 Å². The molecule has 2 atom stereocenters. The summed E-state index contributed by atoms with van der Waals surface area (Å²) in [4.78, 5) is 17.8. The highest BCUT2D eigenvalue weighted by atomic mass is 32.1. The van der Waals surface area contributed by atoms with Gasteiger partial charge in [0.15, 0.2) is 0 Å². The zero-order valence-corrected chi connectivity index (χ0v) is 10.3. The second-order valence-electron chi connectivity index (χ2n) is 4.38. The normalized spacial score (nSPS) is 23.8. The van der Waals surface area contributed by atoms with Crippen molar-refractivity contribution in [1.29, 1.82) is 0 Å². The van der Waals surface area contributed by atoms with Gasteiger partial charge < -0.3 is 15.1 Å². The van der Waals surface area contributed by atoms with E-state index in [9.17, 15) is 15.0 Å². The third kappa shape index (κ3) is 1.88. The number of thiazole rings is 1. The maximum atomic E-state index is 12.2. The van der Waals surface area contributed by atoms with Crippen molar-refractivity contribution in [3.63, 3.8) is 0 Å². The van der Waals surface area contributed by atoms with Crippen LogP contribution in [0.1, 0.15) is 10.4 Å². The average Bonchev–Trinajstić information content (AvgIpc) is 2.95. The van der Waals surface area contributed by atoms with Crippen LogP contribution in [-0.4, -0.2) is 51.3 Å². The van der Waals surface area contributed by atoms with Gasteiger partial charge in [0.05, 0.1) is 27.9 Å². The number of nitrogens with zero attached hydrogens (tertiary/aromatic N) is 2. The molecule has 18 heavy (non-hydrogen) atoms. The lowest BCUT2D eigenvalue weighted by molar-refractivity contribution is 0.0572. The van der Waals surface area contributed by atoms with Gasteiger partial charge in [-0.15, -0.1) is 11.3 Å². The van der Waals surface area contributed by atoms with Crippen molar-refractivity contribution in [2.24, 2.45) is 0 Å². The number of benzene rings is 1. The number of carbonyl (C=O) groups is 1. The highest BCUT2D eigenvalue weighted by Crippen LogP contribution is 2.21. The van der Waals surface area contributed by atoms with Gasteiger partial charge in [0.2, 0.25) is 0 Å². The molecule has 2 heterocycles. The summed E-state index contributed by atoms with van der Waals surface area (Å²) >= 11 is 1.48. The molecule has 5 nitrogen and oxygen atoms in total. The third-order valence-electron chi connectivity index (χ3n) is 3.12. The van der Waals surface area contributed by atoms with Gasteiger partial charge in [-0.25, -0.2) is 4.98 Å². The zero-order chi connectivity index (χ0) is 12.7. The van der Waals surface area contributed by atoms with Gasteiger partial charge in [-0.1, -0.05) is 0 Å². The van der Waals surface area contributed by atoms with Crippen LogP contribution >= 0.6 is 11.3 Å². The molecule has 94 valence electrons. The second-order valence-corrected chi connectivity index (χ2v) is 5.27. The van der Waals surface area contributed by atoms with Crippen LogP contribution in [0.25, 0.3) is 10.2 Å². The van der Waals surface area contributed by atoms with Crippen molar-refractivity contribution in [1.82, 2.24) is 9.88 Å². The summed E-state index contributed by atoms with van der Waals surface area (Å²) < 4.78 is 0.959. The first kappa shape index (κ1) is 11.6. The Balaban J connectivity index is 1.87. The molecule has 0 saturated carbocycles. The Kier molecular flexibility index (Phi) is 2.77. The molecule has 1 fully saturated rings. The number of fused-ring (bicyclic) bond motifs is 1. The number of carbonyl (C=O) groups excluding carboxylic acids is 1. The first-order chi connectivity index (χ1) is 8.65. The van der Waals surface area contributed by atoms with Gasteiger partial charge in [0, 0.05) is 18.7 Å². The molecule has 2 aromatic rings. The van der Waals surface area contributed by atoms with E-state index in [1.165, 1.54) is 16.2 Å². The van der Waals surface area contributed by atoms with Crippen LogP contribution in [0.2, 0.25) is 0 Å². The Morgan fingerprint density at radius 2 is 2.06 bits per heavy atom. The molecule has 1 aliphatic heterocycles. The molecule has 1 amide bonds. The standard InChI is InChI=1S/C12H12N2O3S/c15-9-4-14(5-10(9)16)12(17)7-1-2-8-11(3-7)18-6-13-8/h1-3,6,9-10,15-16H,4-5H2/t9-,10+. The number of rotatable bonds is 1. The van der Waals surface area contributed by atoms with Crippen molar-refractivity contribution in [3.05, 3.63) is 29.3 Å². The largest absolute Gasteiger partial charge is 0.388 e. The second kappa shape index (κ2) is 4.31. The van der Waals surface area contributed by atoms with Crippen LogP contribution in [0.5, 0.6) is 0 Å². The van der Waals surface area contributed by atoms with Crippen LogP contribution in [0.4, 0.5) is 0 Å². The highest BCUT2D eigenvalue weighted by molar-refractivity contribution is 7.16. The van der Waals surface area contributed by atoms with Gasteiger partial charge in [-0.05, 0) is 18.2 Å². The van der Waals surface area contributed by atoms with Crippen molar-refractivity contribution in [2.75, 3.05) is 13.1 Å². The van der Waals surface area contributed by atoms with Crippen molar-refractivity contribution in [2.45, 2.75) is 12.2 Å². The zero-order valence-electron chi connectivity index (χ0n) is 9.48. The topological polar surface area (TPSA) is 73.7 Å². The maximum Gasteiger partial charge on any atom is 0.254 e. The SMILES string of the molecule is O=C(c1ccc2ncsc2c1)N1C[C@@H](O)[C@@H](O)C1. The summed E-state index contributed by atoms with van der Waals surface area (Å²) in [7, 11) is 0. The molecule has 2 N–H and O–H groups in total. The average molecular weight is 264 g/mol.